The summed E-state index contributed by atoms with van der Waals surface area (Å²) in [7, 11) is 7.42. The number of rotatable bonds is 3. The summed E-state index contributed by atoms with van der Waals surface area (Å²) in [6, 6.07) is 0. The molecular weight excluding hydrogens is 121 g/mol. The van der Waals surface area contributed by atoms with Gasteiger partial charge >= 0.3 is 0 Å². The second kappa shape index (κ2) is 3.43. The van der Waals surface area contributed by atoms with E-state index >= 15 is 0 Å². The van der Waals surface area contributed by atoms with Crippen LogP contribution < -0.4 is 0 Å². The zero-order valence-corrected chi connectivity index (χ0v) is 7.01. The molecule has 0 spiro atoms. The van der Waals surface area contributed by atoms with Gasteiger partial charge in [0.05, 0.1) is 0 Å². The predicted octanol–water partition coefficient (Wildman–Crippen LogP) is 1.44. The highest BCUT2D eigenvalue weighted by Gasteiger charge is 2.24. The second-order valence-corrected chi connectivity index (χ2v) is 3.71. The van der Waals surface area contributed by atoms with E-state index in [0.29, 0.717) is 0 Å². The molecule has 0 N–H and O–H groups in total. The lowest BCUT2D eigenvalue weighted by atomic mass is 9.74. The fraction of sp³-hybridized carbons (Fsp3) is 1.00. The Hall–Kier alpha value is 0.0249. The molecule has 0 aromatic heterocycles. The standard InChI is InChI=1S/C8H16BN/c1-7-5-8(6-7)3-4-10(2)9/h7-8H,3-6H2,1-2H3. The van der Waals surface area contributed by atoms with Crippen LogP contribution in [0.3, 0.4) is 0 Å². The van der Waals surface area contributed by atoms with Gasteiger partial charge in [-0.3, -0.25) is 0 Å². The summed E-state index contributed by atoms with van der Waals surface area (Å²) in [4.78, 5) is 1.78. The Balaban J connectivity index is 1.95. The molecule has 0 amide bonds. The summed E-state index contributed by atoms with van der Waals surface area (Å²) in [6.45, 7) is 3.38. The summed E-state index contributed by atoms with van der Waals surface area (Å²) < 4.78 is 0. The predicted molar refractivity (Wildman–Crippen MR) is 44.9 cm³/mol. The zero-order valence-electron chi connectivity index (χ0n) is 7.01. The van der Waals surface area contributed by atoms with E-state index in [1.54, 1.807) is 4.81 Å². The van der Waals surface area contributed by atoms with Gasteiger partial charge in [-0.1, -0.05) is 6.92 Å². The summed E-state index contributed by atoms with van der Waals surface area (Å²) >= 11 is 0. The maximum absolute atomic E-state index is 5.49. The quantitative estimate of drug-likeness (QED) is 0.532. The molecule has 0 saturated heterocycles. The molecule has 0 atom stereocenters. The first-order valence-electron chi connectivity index (χ1n) is 4.14. The first-order valence-corrected chi connectivity index (χ1v) is 4.14. The van der Waals surface area contributed by atoms with E-state index in [0.717, 1.165) is 18.4 Å². The molecule has 0 bridgehead atoms. The van der Waals surface area contributed by atoms with Crippen molar-refractivity contribution < 1.29 is 0 Å². The van der Waals surface area contributed by atoms with Crippen LogP contribution in [0.4, 0.5) is 0 Å². The van der Waals surface area contributed by atoms with Crippen molar-refractivity contribution in [2.45, 2.75) is 26.2 Å². The molecular formula is C8H16BN. The summed E-state index contributed by atoms with van der Waals surface area (Å²) in [6.07, 6.45) is 4.14. The largest absolute Gasteiger partial charge is 0.356 e. The van der Waals surface area contributed by atoms with E-state index in [1.165, 1.54) is 19.3 Å². The molecule has 1 aliphatic carbocycles. The Morgan fingerprint density at radius 1 is 1.50 bits per heavy atom. The summed E-state index contributed by atoms with van der Waals surface area (Å²) in [5, 5.41) is 0. The van der Waals surface area contributed by atoms with Gasteiger partial charge in [0.2, 0.25) is 0 Å². The summed E-state index contributed by atoms with van der Waals surface area (Å²) in [5.74, 6) is 1.95. The van der Waals surface area contributed by atoms with E-state index in [9.17, 15) is 0 Å². The van der Waals surface area contributed by atoms with Crippen LogP contribution in [0, 0.1) is 11.8 Å². The maximum Gasteiger partial charge on any atom is 0.182 e. The van der Waals surface area contributed by atoms with Crippen molar-refractivity contribution in [2.75, 3.05) is 13.6 Å². The SMILES string of the molecule is [B]N(C)CCC1CC(C)C1. The van der Waals surface area contributed by atoms with Gasteiger partial charge in [-0.2, -0.15) is 0 Å². The lowest BCUT2D eigenvalue weighted by Crippen LogP contribution is -2.26. The van der Waals surface area contributed by atoms with Gasteiger partial charge in [0.15, 0.2) is 7.98 Å². The smallest absolute Gasteiger partial charge is 0.182 e. The van der Waals surface area contributed by atoms with E-state index < -0.39 is 0 Å². The van der Waals surface area contributed by atoms with Crippen molar-refractivity contribution in [1.29, 1.82) is 0 Å². The number of hydrogen-bond acceptors (Lipinski definition) is 1. The lowest BCUT2D eigenvalue weighted by molar-refractivity contribution is 0.191. The zero-order chi connectivity index (χ0) is 7.56. The van der Waals surface area contributed by atoms with Gasteiger partial charge in [-0.15, -0.1) is 0 Å². The minimum Gasteiger partial charge on any atom is -0.356 e. The highest BCUT2D eigenvalue weighted by atomic mass is 15.0. The van der Waals surface area contributed by atoms with Crippen molar-refractivity contribution >= 4 is 7.98 Å². The third kappa shape index (κ3) is 2.33. The highest BCUT2D eigenvalue weighted by Crippen LogP contribution is 2.35. The second-order valence-electron chi connectivity index (χ2n) is 3.71. The highest BCUT2D eigenvalue weighted by molar-refractivity contribution is 6.04. The molecule has 1 aliphatic rings. The minimum atomic E-state index is 0.973. The number of nitrogens with zero attached hydrogens (tertiary/aromatic N) is 1. The first-order chi connectivity index (χ1) is 4.68. The monoisotopic (exact) mass is 137 g/mol. The lowest BCUT2D eigenvalue weighted by Gasteiger charge is -2.33. The van der Waals surface area contributed by atoms with Crippen molar-refractivity contribution in [3.8, 4) is 0 Å². The average molecular weight is 137 g/mol. The fourth-order valence-electron chi connectivity index (χ4n) is 1.69. The van der Waals surface area contributed by atoms with Crippen molar-refractivity contribution in [2.24, 2.45) is 11.8 Å². The molecule has 1 rings (SSSR count). The molecule has 56 valence electrons. The Labute approximate surface area is 65.2 Å². The number of hydrogen-bond donors (Lipinski definition) is 0. The third-order valence-electron chi connectivity index (χ3n) is 2.36. The van der Waals surface area contributed by atoms with Crippen molar-refractivity contribution in [3.63, 3.8) is 0 Å². The van der Waals surface area contributed by atoms with E-state index in [2.05, 4.69) is 6.92 Å². The van der Waals surface area contributed by atoms with Gasteiger partial charge < -0.3 is 4.81 Å². The maximum atomic E-state index is 5.49. The third-order valence-corrected chi connectivity index (χ3v) is 2.36. The van der Waals surface area contributed by atoms with Gasteiger partial charge in [0.25, 0.3) is 0 Å². The Bertz CT molecular complexity index is 97.4. The van der Waals surface area contributed by atoms with Crippen LogP contribution in [-0.4, -0.2) is 26.4 Å². The Morgan fingerprint density at radius 2 is 2.10 bits per heavy atom. The van der Waals surface area contributed by atoms with Gasteiger partial charge in [-0.05, 0) is 44.7 Å². The fourth-order valence-corrected chi connectivity index (χ4v) is 1.69. The van der Waals surface area contributed by atoms with Gasteiger partial charge in [0, 0.05) is 0 Å². The van der Waals surface area contributed by atoms with Crippen LogP contribution >= 0.6 is 0 Å². The molecule has 0 aromatic carbocycles. The molecule has 10 heavy (non-hydrogen) atoms. The molecule has 2 heteroatoms. The Kier molecular flexibility index (Phi) is 2.78. The Morgan fingerprint density at radius 3 is 2.50 bits per heavy atom. The van der Waals surface area contributed by atoms with Crippen LogP contribution in [0.25, 0.3) is 0 Å². The molecule has 1 nitrogen and oxygen atoms in total. The molecule has 0 aromatic rings. The molecule has 0 aliphatic heterocycles. The van der Waals surface area contributed by atoms with Crippen molar-refractivity contribution in [1.82, 2.24) is 4.81 Å². The first kappa shape index (κ1) is 8.12. The molecule has 0 heterocycles. The van der Waals surface area contributed by atoms with Crippen LogP contribution in [0.2, 0.25) is 0 Å². The van der Waals surface area contributed by atoms with Crippen LogP contribution in [-0.2, 0) is 0 Å². The van der Waals surface area contributed by atoms with Gasteiger partial charge in [-0.25, -0.2) is 0 Å². The molecule has 2 radical (unpaired) electrons. The van der Waals surface area contributed by atoms with Crippen LogP contribution in [0.15, 0.2) is 0 Å². The topological polar surface area (TPSA) is 3.24 Å². The van der Waals surface area contributed by atoms with E-state index in [1.807, 2.05) is 7.05 Å². The average Bonchev–Trinajstić information content (AvgIpc) is 1.77. The van der Waals surface area contributed by atoms with E-state index in [-0.39, 0.29) is 0 Å². The van der Waals surface area contributed by atoms with Crippen LogP contribution in [0.1, 0.15) is 26.2 Å². The molecule has 1 fully saturated rings. The van der Waals surface area contributed by atoms with Crippen LogP contribution in [0.5, 0.6) is 0 Å². The molecule has 0 unspecified atom stereocenters. The molecule has 1 saturated carbocycles. The van der Waals surface area contributed by atoms with Gasteiger partial charge in [0.1, 0.15) is 0 Å². The normalized spacial score (nSPS) is 32.3. The van der Waals surface area contributed by atoms with Crippen molar-refractivity contribution in [3.05, 3.63) is 0 Å². The summed E-state index contributed by atoms with van der Waals surface area (Å²) in [5.41, 5.74) is 0. The van der Waals surface area contributed by atoms with E-state index in [4.69, 9.17) is 7.98 Å². The minimum absolute atomic E-state index is 0.973.